The van der Waals surface area contributed by atoms with Crippen LogP contribution in [0, 0.1) is 5.82 Å². The third-order valence-corrected chi connectivity index (χ3v) is 5.54. The Morgan fingerprint density at radius 3 is 2.92 bits per heavy atom. The predicted molar refractivity (Wildman–Crippen MR) is 104 cm³/mol. The van der Waals surface area contributed by atoms with Crippen molar-refractivity contribution in [3.05, 3.63) is 53.6 Å². The van der Waals surface area contributed by atoms with Crippen LogP contribution in [-0.2, 0) is 6.42 Å². The van der Waals surface area contributed by atoms with Crippen LogP contribution in [0.25, 0.3) is 27.7 Å². The highest BCUT2D eigenvalue weighted by Gasteiger charge is 2.24. The lowest BCUT2D eigenvalue weighted by atomic mass is 9.92. The molecule has 2 aliphatic heterocycles. The van der Waals surface area contributed by atoms with Gasteiger partial charge in [-0.15, -0.1) is 0 Å². The molecule has 132 valence electrons. The first-order valence-electron chi connectivity index (χ1n) is 9.13. The quantitative estimate of drug-likeness (QED) is 0.704. The van der Waals surface area contributed by atoms with Crippen molar-refractivity contribution >= 4 is 22.3 Å². The van der Waals surface area contributed by atoms with Crippen molar-refractivity contribution in [3.63, 3.8) is 0 Å². The van der Waals surface area contributed by atoms with E-state index in [0.717, 1.165) is 60.3 Å². The number of halogens is 1. The lowest BCUT2D eigenvalue weighted by Crippen LogP contribution is -2.23. The van der Waals surface area contributed by atoms with Crippen LogP contribution in [0.5, 0.6) is 0 Å². The van der Waals surface area contributed by atoms with Crippen LogP contribution in [-0.4, -0.2) is 36.6 Å². The minimum Gasteiger partial charge on any atom is -0.374 e. The largest absolute Gasteiger partial charge is 0.374 e. The summed E-state index contributed by atoms with van der Waals surface area (Å²) in [7, 11) is 2.08. The number of H-pyrrole nitrogens is 1. The van der Waals surface area contributed by atoms with Gasteiger partial charge in [0.25, 0.3) is 0 Å². The van der Waals surface area contributed by atoms with Crippen LogP contribution in [0.3, 0.4) is 0 Å². The molecule has 1 aromatic carbocycles. The Balaban J connectivity index is 1.82. The van der Waals surface area contributed by atoms with Crippen LogP contribution in [0.4, 0.5) is 10.1 Å². The number of aromatic amines is 1. The fraction of sp³-hybridized carbons (Fsp3) is 0.286. The molecule has 2 N–H and O–H groups in total. The highest BCUT2D eigenvalue weighted by Crippen LogP contribution is 2.41. The number of nitrogens with one attached hydrogen (secondary N) is 2. The summed E-state index contributed by atoms with van der Waals surface area (Å²) in [5.41, 5.74) is 7.81. The molecule has 0 bridgehead atoms. The van der Waals surface area contributed by atoms with Crippen molar-refractivity contribution in [3.8, 4) is 11.1 Å². The first-order chi connectivity index (χ1) is 12.7. The van der Waals surface area contributed by atoms with Crippen LogP contribution < -0.4 is 10.2 Å². The van der Waals surface area contributed by atoms with Gasteiger partial charge in [-0.1, -0.05) is 6.08 Å². The maximum Gasteiger partial charge on any atom is 0.138 e. The van der Waals surface area contributed by atoms with Gasteiger partial charge in [-0.25, -0.2) is 9.37 Å². The standard InChI is InChI=1S/C21H21FN4/c1-26-11-7-16-19-15(17-12-14(22)2-3-18(17)26)6-10-24-21(19)25-20(16)13-4-8-23-9-5-13/h2-4,6,10,12,23H,5,7-9,11H2,1H3,(H,24,25). The average Bonchev–Trinajstić information content (AvgIpc) is 3.04. The molecule has 0 saturated carbocycles. The molecule has 5 heteroatoms. The summed E-state index contributed by atoms with van der Waals surface area (Å²) in [5.74, 6) is -0.207. The third-order valence-electron chi connectivity index (χ3n) is 5.54. The summed E-state index contributed by atoms with van der Waals surface area (Å²) < 4.78 is 14.1. The number of benzene rings is 1. The van der Waals surface area contributed by atoms with Gasteiger partial charge in [-0.05, 0) is 60.4 Å². The van der Waals surface area contributed by atoms with Gasteiger partial charge in [-0.3, -0.25) is 0 Å². The highest BCUT2D eigenvalue weighted by atomic mass is 19.1. The Kier molecular flexibility index (Phi) is 3.57. The predicted octanol–water partition coefficient (Wildman–Crippen LogP) is 3.74. The summed E-state index contributed by atoms with van der Waals surface area (Å²) in [6, 6.07) is 7.08. The average molecular weight is 348 g/mol. The molecule has 0 saturated heterocycles. The monoisotopic (exact) mass is 348 g/mol. The zero-order valence-electron chi connectivity index (χ0n) is 14.8. The van der Waals surface area contributed by atoms with Gasteiger partial charge < -0.3 is 15.2 Å². The number of nitrogens with zero attached hydrogens (tertiary/aromatic N) is 2. The number of hydrogen-bond acceptors (Lipinski definition) is 3. The summed E-state index contributed by atoms with van der Waals surface area (Å²) in [6.45, 7) is 2.78. The molecular weight excluding hydrogens is 327 g/mol. The van der Waals surface area contributed by atoms with Crippen molar-refractivity contribution in [1.29, 1.82) is 0 Å². The van der Waals surface area contributed by atoms with Crippen molar-refractivity contribution in [2.45, 2.75) is 12.8 Å². The van der Waals surface area contributed by atoms with E-state index >= 15 is 0 Å². The second-order valence-corrected chi connectivity index (χ2v) is 7.08. The zero-order valence-corrected chi connectivity index (χ0v) is 14.8. The fourth-order valence-corrected chi connectivity index (χ4v) is 4.24. The van der Waals surface area contributed by atoms with E-state index < -0.39 is 0 Å². The zero-order chi connectivity index (χ0) is 17.7. The molecule has 0 aliphatic carbocycles. The smallest absolute Gasteiger partial charge is 0.138 e. The number of aromatic nitrogens is 2. The number of pyridine rings is 1. The van der Waals surface area contributed by atoms with E-state index in [1.807, 2.05) is 18.3 Å². The summed E-state index contributed by atoms with van der Waals surface area (Å²) in [5, 5.41) is 4.51. The number of likely N-dealkylation sites (N-methyl/N-ethyl adjacent to an activating group) is 1. The number of hydrogen-bond donors (Lipinski definition) is 2. The summed E-state index contributed by atoms with van der Waals surface area (Å²) in [4.78, 5) is 10.4. The molecule has 0 fully saturated rings. The van der Waals surface area contributed by atoms with Gasteiger partial charge in [0, 0.05) is 48.7 Å². The van der Waals surface area contributed by atoms with E-state index in [4.69, 9.17) is 0 Å². The molecule has 0 atom stereocenters. The van der Waals surface area contributed by atoms with E-state index in [1.54, 1.807) is 12.1 Å². The van der Waals surface area contributed by atoms with Crippen molar-refractivity contribution in [2.24, 2.45) is 0 Å². The molecule has 4 heterocycles. The minimum absolute atomic E-state index is 0.207. The lowest BCUT2D eigenvalue weighted by molar-refractivity contribution is 0.628. The number of rotatable bonds is 1. The van der Waals surface area contributed by atoms with E-state index in [2.05, 4.69) is 33.3 Å². The second kappa shape index (κ2) is 5.95. The SMILES string of the molecule is CN1CCc2c(C3=CCNCC3)[nH]c3nccc(c23)-c2cc(F)ccc21. The van der Waals surface area contributed by atoms with Crippen molar-refractivity contribution < 1.29 is 4.39 Å². The normalized spacial score (nSPS) is 16.8. The topological polar surface area (TPSA) is 44.0 Å². The highest BCUT2D eigenvalue weighted by molar-refractivity contribution is 6.01. The fourth-order valence-electron chi connectivity index (χ4n) is 4.24. The van der Waals surface area contributed by atoms with E-state index in [-0.39, 0.29) is 5.82 Å². The maximum atomic E-state index is 14.1. The Bertz CT molecular complexity index is 1030. The first kappa shape index (κ1) is 15.6. The Morgan fingerprint density at radius 2 is 2.08 bits per heavy atom. The van der Waals surface area contributed by atoms with Gasteiger partial charge in [0.05, 0.1) is 0 Å². The van der Waals surface area contributed by atoms with Gasteiger partial charge in [-0.2, -0.15) is 0 Å². The maximum absolute atomic E-state index is 14.1. The molecule has 26 heavy (non-hydrogen) atoms. The molecule has 2 aliphatic rings. The number of anilines is 1. The van der Waals surface area contributed by atoms with Crippen molar-refractivity contribution in [2.75, 3.05) is 31.6 Å². The molecule has 0 radical (unpaired) electrons. The van der Waals surface area contributed by atoms with Crippen LogP contribution in [0.15, 0.2) is 36.5 Å². The molecule has 5 rings (SSSR count). The molecule has 2 aromatic heterocycles. The summed E-state index contributed by atoms with van der Waals surface area (Å²) >= 11 is 0. The third kappa shape index (κ3) is 2.35. The van der Waals surface area contributed by atoms with Crippen molar-refractivity contribution in [1.82, 2.24) is 15.3 Å². The molecule has 4 nitrogen and oxygen atoms in total. The van der Waals surface area contributed by atoms with Gasteiger partial charge >= 0.3 is 0 Å². The molecule has 0 spiro atoms. The number of fused-ring (bicyclic) bond motifs is 2. The Morgan fingerprint density at radius 1 is 1.15 bits per heavy atom. The van der Waals surface area contributed by atoms with Crippen LogP contribution in [0.1, 0.15) is 17.7 Å². The molecule has 3 aromatic rings. The van der Waals surface area contributed by atoms with Gasteiger partial charge in [0.1, 0.15) is 11.5 Å². The molecule has 0 unspecified atom stereocenters. The second-order valence-electron chi connectivity index (χ2n) is 7.08. The van der Waals surface area contributed by atoms with E-state index in [9.17, 15) is 4.39 Å². The Hall–Kier alpha value is -2.66. The molecular formula is C21H21FN4. The van der Waals surface area contributed by atoms with E-state index in [1.165, 1.54) is 16.8 Å². The molecule has 0 amide bonds. The minimum atomic E-state index is -0.207. The van der Waals surface area contributed by atoms with E-state index in [0.29, 0.717) is 0 Å². The van der Waals surface area contributed by atoms with Crippen LogP contribution >= 0.6 is 0 Å². The lowest BCUT2D eigenvalue weighted by Gasteiger charge is -2.26. The van der Waals surface area contributed by atoms with Gasteiger partial charge in [0.15, 0.2) is 0 Å². The first-order valence-corrected chi connectivity index (χ1v) is 9.13. The van der Waals surface area contributed by atoms with Gasteiger partial charge in [0.2, 0.25) is 0 Å². The Labute approximate surface area is 151 Å². The summed E-state index contributed by atoms with van der Waals surface area (Å²) in [6.07, 6.45) is 6.03. The van der Waals surface area contributed by atoms with Crippen LogP contribution in [0.2, 0.25) is 0 Å².